The maximum atomic E-state index is 12.8. The molecule has 1 N–H and O–H groups in total. The third kappa shape index (κ3) is 4.00. The van der Waals surface area contributed by atoms with Gasteiger partial charge in [-0.2, -0.15) is 16.1 Å². The first kappa shape index (κ1) is 16.8. The smallest absolute Gasteiger partial charge is 0.243 e. The van der Waals surface area contributed by atoms with Crippen molar-refractivity contribution in [2.75, 3.05) is 25.4 Å². The van der Waals surface area contributed by atoms with Gasteiger partial charge >= 0.3 is 0 Å². The Morgan fingerprint density at radius 2 is 2.24 bits per heavy atom. The summed E-state index contributed by atoms with van der Waals surface area (Å²) >= 11 is 1.83. The fourth-order valence-corrected chi connectivity index (χ4v) is 5.33. The van der Waals surface area contributed by atoms with Crippen LogP contribution in [0, 0.1) is 0 Å². The molecule has 2 unspecified atom stereocenters. The fourth-order valence-electron chi connectivity index (χ4n) is 2.52. The molecule has 6 heteroatoms. The highest BCUT2D eigenvalue weighted by atomic mass is 32.2. The van der Waals surface area contributed by atoms with Gasteiger partial charge in [-0.05, 0) is 31.2 Å². The molecule has 0 amide bonds. The van der Waals surface area contributed by atoms with Crippen LogP contribution in [-0.2, 0) is 10.0 Å². The Labute approximate surface area is 132 Å². The topological polar surface area (TPSA) is 49.4 Å². The Balaban J connectivity index is 2.25. The van der Waals surface area contributed by atoms with Gasteiger partial charge in [-0.1, -0.05) is 26.0 Å². The highest BCUT2D eigenvalue weighted by Gasteiger charge is 2.29. The van der Waals surface area contributed by atoms with E-state index in [4.69, 9.17) is 0 Å². The molecule has 21 heavy (non-hydrogen) atoms. The van der Waals surface area contributed by atoms with Gasteiger partial charge in [-0.3, -0.25) is 0 Å². The zero-order chi connectivity index (χ0) is 15.5. The van der Waals surface area contributed by atoms with Gasteiger partial charge in [-0.25, -0.2) is 8.42 Å². The van der Waals surface area contributed by atoms with E-state index in [9.17, 15) is 8.42 Å². The number of hydrogen-bond donors (Lipinski definition) is 1. The van der Waals surface area contributed by atoms with Crippen LogP contribution < -0.4 is 5.32 Å². The van der Waals surface area contributed by atoms with Crippen molar-refractivity contribution in [1.82, 2.24) is 9.62 Å². The summed E-state index contributed by atoms with van der Waals surface area (Å²) in [6.07, 6.45) is 0. The van der Waals surface area contributed by atoms with Crippen LogP contribution in [0.15, 0.2) is 29.2 Å². The van der Waals surface area contributed by atoms with E-state index in [1.165, 1.54) is 0 Å². The highest BCUT2D eigenvalue weighted by Crippen LogP contribution is 2.25. The number of thioether (sulfide) groups is 1. The van der Waals surface area contributed by atoms with E-state index >= 15 is 0 Å². The van der Waals surface area contributed by atoms with E-state index in [2.05, 4.69) is 19.2 Å². The summed E-state index contributed by atoms with van der Waals surface area (Å²) in [5, 5.41) is 3.67. The molecular formula is C15H24N2O2S2. The lowest BCUT2D eigenvalue weighted by Crippen LogP contribution is -2.41. The molecule has 4 nitrogen and oxygen atoms in total. The number of sulfonamides is 1. The lowest BCUT2D eigenvalue weighted by atomic mass is 10.1. The lowest BCUT2D eigenvalue weighted by molar-refractivity contribution is 0.424. The Bertz CT molecular complexity index is 575. The van der Waals surface area contributed by atoms with Gasteiger partial charge in [0.25, 0.3) is 0 Å². The predicted molar refractivity (Wildman–Crippen MR) is 89.2 cm³/mol. The SMILES string of the molecule is CCNC(C)c1cccc(S(=O)(=O)N2CCSC(C)C2)c1. The monoisotopic (exact) mass is 328 g/mol. The summed E-state index contributed by atoms with van der Waals surface area (Å²) in [6.45, 7) is 8.23. The van der Waals surface area contributed by atoms with E-state index in [1.54, 1.807) is 16.4 Å². The minimum Gasteiger partial charge on any atom is -0.310 e. The second-order valence-corrected chi connectivity index (χ2v) is 8.88. The number of rotatable bonds is 5. The molecule has 0 spiro atoms. The van der Waals surface area contributed by atoms with Crippen molar-refractivity contribution in [2.24, 2.45) is 0 Å². The van der Waals surface area contributed by atoms with Gasteiger partial charge in [-0.15, -0.1) is 0 Å². The molecule has 0 aromatic heterocycles. The molecule has 0 saturated carbocycles. The van der Waals surface area contributed by atoms with Crippen LogP contribution in [0.4, 0.5) is 0 Å². The molecule has 1 heterocycles. The summed E-state index contributed by atoms with van der Waals surface area (Å²) in [7, 11) is -3.37. The third-order valence-electron chi connectivity index (χ3n) is 3.71. The fraction of sp³-hybridized carbons (Fsp3) is 0.600. The molecule has 1 aliphatic rings. The summed E-state index contributed by atoms with van der Waals surface area (Å²) < 4.78 is 27.1. The third-order valence-corrected chi connectivity index (χ3v) is 6.71. The van der Waals surface area contributed by atoms with Crippen molar-refractivity contribution in [1.29, 1.82) is 0 Å². The van der Waals surface area contributed by atoms with E-state index < -0.39 is 10.0 Å². The quantitative estimate of drug-likeness (QED) is 0.902. The molecule has 2 rings (SSSR count). The zero-order valence-electron chi connectivity index (χ0n) is 12.9. The molecule has 2 atom stereocenters. The van der Waals surface area contributed by atoms with Gasteiger partial charge < -0.3 is 5.32 Å². The largest absolute Gasteiger partial charge is 0.310 e. The Hall–Kier alpha value is -0.560. The molecule has 1 aromatic rings. The van der Waals surface area contributed by atoms with Gasteiger partial charge in [0, 0.05) is 30.1 Å². The van der Waals surface area contributed by atoms with Gasteiger partial charge in [0.2, 0.25) is 10.0 Å². The second kappa shape index (κ2) is 7.13. The molecule has 0 radical (unpaired) electrons. The van der Waals surface area contributed by atoms with Gasteiger partial charge in [0.05, 0.1) is 4.90 Å². The van der Waals surface area contributed by atoms with Crippen molar-refractivity contribution in [2.45, 2.75) is 37.0 Å². The minimum absolute atomic E-state index is 0.154. The summed E-state index contributed by atoms with van der Waals surface area (Å²) in [5.41, 5.74) is 1.01. The van der Waals surface area contributed by atoms with Crippen LogP contribution >= 0.6 is 11.8 Å². The summed E-state index contributed by atoms with van der Waals surface area (Å²) in [4.78, 5) is 0.406. The summed E-state index contributed by atoms with van der Waals surface area (Å²) in [6, 6.07) is 7.46. The Kier molecular flexibility index (Phi) is 5.71. The van der Waals surface area contributed by atoms with Crippen LogP contribution in [0.2, 0.25) is 0 Å². The average Bonchev–Trinajstić information content (AvgIpc) is 2.47. The first-order valence-electron chi connectivity index (χ1n) is 7.40. The summed E-state index contributed by atoms with van der Waals surface area (Å²) in [5.74, 6) is 0.869. The van der Waals surface area contributed by atoms with Crippen molar-refractivity contribution in [3.05, 3.63) is 29.8 Å². The number of benzene rings is 1. The first-order valence-corrected chi connectivity index (χ1v) is 9.89. The molecule has 1 aliphatic heterocycles. The normalized spacial score (nSPS) is 22.1. The molecular weight excluding hydrogens is 304 g/mol. The number of nitrogens with one attached hydrogen (secondary N) is 1. The van der Waals surface area contributed by atoms with Crippen molar-refractivity contribution in [3.63, 3.8) is 0 Å². The van der Waals surface area contributed by atoms with Crippen LogP contribution in [0.5, 0.6) is 0 Å². The first-order chi connectivity index (χ1) is 9.95. The molecule has 1 fully saturated rings. The Morgan fingerprint density at radius 3 is 2.90 bits per heavy atom. The van der Waals surface area contributed by atoms with E-state index in [-0.39, 0.29) is 6.04 Å². The maximum Gasteiger partial charge on any atom is 0.243 e. The van der Waals surface area contributed by atoms with Gasteiger partial charge in [0.15, 0.2) is 0 Å². The minimum atomic E-state index is -3.37. The molecule has 118 valence electrons. The average molecular weight is 329 g/mol. The number of nitrogens with zero attached hydrogens (tertiary/aromatic N) is 1. The van der Waals surface area contributed by atoms with Crippen molar-refractivity contribution in [3.8, 4) is 0 Å². The van der Waals surface area contributed by atoms with Crippen LogP contribution in [-0.4, -0.2) is 43.4 Å². The molecule has 0 aliphatic carbocycles. The predicted octanol–water partition coefficient (Wildman–Crippen LogP) is 2.48. The van der Waals surface area contributed by atoms with Crippen molar-refractivity contribution < 1.29 is 8.42 Å². The lowest BCUT2D eigenvalue weighted by Gasteiger charge is -2.29. The van der Waals surface area contributed by atoms with Crippen molar-refractivity contribution >= 4 is 21.8 Å². The molecule has 1 aromatic carbocycles. The Morgan fingerprint density at radius 1 is 1.48 bits per heavy atom. The van der Waals surface area contributed by atoms with Crippen LogP contribution in [0.1, 0.15) is 32.4 Å². The van der Waals surface area contributed by atoms with Gasteiger partial charge in [0.1, 0.15) is 0 Å². The molecule has 0 bridgehead atoms. The second-order valence-electron chi connectivity index (χ2n) is 5.40. The maximum absolute atomic E-state index is 12.8. The number of hydrogen-bond acceptors (Lipinski definition) is 4. The van der Waals surface area contributed by atoms with E-state index in [0.717, 1.165) is 17.9 Å². The highest BCUT2D eigenvalue weighted by molar-refractivity contribution is 8.00. The standard InChI is InChI=1S/C15H24N2O2S2/c1-4-16-13(3)14-6-5-7-15(10-14)21(18,19)17-8-9-20-12(2)11-17/h5-7,10,12-13,16H,4,8-9,11H2,1-3H3. The van der Waals surface area contributed by atoms with Crippen LogP contribution in [0.3, 0.4) is 0 Å². The zero-order valence-corrected chi connectivity index (χ0v) is 14.5. The van der Waals surface area contributed by atoms with Crippen LogP contribution in [0.25, 0.3) is 0 Å². The van der Waals surface area contributed by atoms with E-state index in [1.807, 2.05) is 30.8 Å². The van der Waals surface area contributed by atoms with E-state index in [0.29, 0.717) is 23.2 Å². The molecule has 1 saturated heterocycles.